The number of rotatable bonds is 7. The topological polar surface area (TPSA) is 74.7 Å². The maximum atomic E-state index is 12.8. The van der Waals surface area contributed by atoms with E-state index in [0.29, 0.717) is 22.5 Å². The number of carbonyl (C=O) groups is 3. The Kier molecular flexibility index (Phi) is 5.87. The maximum absolute atomic E-state index is 12.8. The van der Waals surface area contributed by atoms with E-state index in [4.69, 9.17) is 5.11 Å². The molecular formula is C18H19NO4S. The number of nitrogens with zero attached hydrogens (tertiary/aromatic N) is 1. The lowest BCUT2D eigenvalue weighted by Gasteiger charge is -2.23. The van der Waals surface area contributed by atoms with Gasteiger partial charge in [0.05, 0.1) is 16.4 Å². The van der Waals surface area contributed by atoms with Gasteiger partial charge in [0.2, 0.25) is 5.78 Å². The van der Waals surface area contributed by atoms with Gasteiger partial charge >= 0.3 is 5.97 Å². The molecule has 2 aromatic rings. The third-order valence-corrected chi connectivity index (χ3v) is 4.60. The molecule has 0 aliphatic rings. The second kappa shape index (κ2) is 7.88. The summed E-state index contributed by atoms with van der Waals surface area (Å²) in [7, 11) is 0. The van der Waals surface area contributed by atoms with Crippen molar-refractivity contribution in [3.05, 3.63) is 57.8 Å². The normalized spacial score (nSPS) is 11.8. The van der Waals surface area contributed by atoms with Crippen molar-refractivity contribution in [3.8, 4) is 0 Å². The molecule has 1 aromatic carbocycles. The summed E-state index contributed by atoms with van der Waals surface area (Å²) in [6.07, 6.45) is 0. The van der Waals surface area contributed by atoms with Crippen LogP contribution in [0.25, 0.3) is 0 Å². The molecule has 0 radical (unpaired) electrons. The Hall–Kier alpha value is -2.47. The number of ketones is 1. The first-order chi connectivity index (χ1) is 11.5. The predicted molar refractivity (Wildman–Crippen MR) is 92.6 cm³/mol. The smallest absolute Gasteiger partial charge is 0.308 e. The monoisotopic (exact) mass is 345 g/mol. The first kappa shape index (κ1) is 17.9. The van der Waals surface area contributed by atoms with Gasteiger partial charge in [-0.15, -0.1) is 11.3 Å². The number of carbonyl (C=O) groups excluding carboxylic acids is 2. The molecule has 2 rings (SSSR count). The van der Waals surface area contributed by atoms with E-state index in [1.807, 2.05) is 5.38 Å². The SMILES string of the molecule is CCN(CC(C)C(=O)O)C(=O)c1ccccc1C(=O)c1cccs1. The van der Waals surface area contributed by atoms with Crippen LogP contribution in [0.5, 0.6) is 0 Å². The lowest BCUT2D eigenvalue weighted by Crippen LogP contribution is -2.37. The molecule has 5 nitrogen and oxygen atoms in total. The van der Waals surface area contributed by atoms with Crippen molar-refractivity contribution in [2.24, 2.45) is 5.92 Å². The van der Waals surface area contributed by atoms with Gasteiger partial charge in [-0.05, 0) is 24.4 Å². The molecule has 126 valence electrons. The molecule has 0 saturated heterocycles. The molecular weight excluding hydrogens is 326 g/mol. The number of carboxylic acids is 1. The summed E-state index contributed by atoms with van der Waals surface area (Å²) in [4.78, 5) is 38.5. The molecule has 0 saturated carbocycles. The number of amides is 1. The summed E-state index contributed by atoms with van der Waals surface area (Å²) in [6.45, 7) is 3.82. The molecule has 1 amide bonds. The van der Waals surface area contributed by atoms with Gasteiger partial charge in [0, 0.05) is 18.7 Å². The van der Waals surface area contributed by atoms with Gasteiger partial charge < -0.3 is 10.0 Å². The van der Waals surface area contributed by atoms with Crippen LogP contribution in [0, 0.1) is 5.92 Å². The van der Waals surface area contributed by atoms with Crippen LogP contribution < -0.4 is 0 Å². The van der Waals surface area contributed by atoms with E-state index in [2.05, 4.69) is 0 Å². The van der Waals surface area contributed by atoms with Gasteiger partial charge in [0.25, 0.3) is 5.91 Å². The summed E-state index contributed by atoms with van der Waals surface area (Å²) in [5.74, 6) is -2.15. The van der Waals surface area contributed by atoms with Gasteiger partial charge in [-0.1, -0.05) is 31.2 Å². The number of hydrogen-bond acceptors (Lipinski definition) is 4. The Morgan fingerprint density at radius 2 is 1.79 bits per heavy atom. The van der Waals surface area contributed by atoms with Crippen LogP contribution in [0.1, 0.15) is 39.4 Å². The Bertz CT molecular complexity index is 739. The lowest BCUT2D eigenvalue weighted by molar-refractivity contribution is -0.141. The van der Waals surface area contributed by atoms with E-state index in [-0.39, 0.29) is 18.2 Å². The van der Waals surface area contributed by atoms with Crippen LogP contribution in [-0.4, -0.2) is 40.8 Å². The Morgan fingerprint density at radius 1 is 1.12 bits per heavy atom. The Balaban J connectivity index is 2.32. The highest BCUT2D eigenvalue weighted by Crippen LogP contribution is 2.20. The number of aliphatic carboxylic acids is 1. The average Bonchev–Trinajstić information content (AvgIpc) is 3.12. The fourth-order valence-corrected chi connectivity index (χ4v) is 3.02. The zero-order valence-corrected chi connectivity index (χ0v) is 14.4. The number of thiophene rings is 1. The van der Waals surface area contributed by atoms with Crippen molar-refractivity contribution in [1.29, 1.82) is 0 Å². The molecule has 24 heavy (non-hydrogen) atoms. The first-order valence-electron chi connectivity index (χ1n) is 7.65. The molecule has 0 aliphatic heterocycles. The van der Waals surface area contributed by atoms with Crippen molar-refractivity contribution in [2.45, 2.75) is 13.8 Å². The Labute approximate surface area is 144 Å². The number of carboxylic acid groups (broad SMARTS) is 1. The summed E-state index contributed by atoms with van der Waals surface area (Å²) in [6, 6.07) is 10.2. The van der Waals surface area contributed by atoms with Crippen molar-refractivity contribution < 1.29 is 19.5 Å². The molecule has 0 spiro atoms. The molecule has 1 unspecified atom stereocenters. The number of benzene rings is 1. The molecule has 6 heteroatoms. The molecule has 1 heterocycles. The summed E-state index contributed by atoms with van der Waals surface area (Å²) in [5, 5.41) is 10.9. The van der Waals surface area contributed by atoms with E-state index in [1.165, 1.54) is 16.2 Å². The van der Waals surface area contributed by atoms with Crippen LogP contribution in [0.2, 0.25) is 0 Å². The molecule has 1 N–H and O–H groups in total. The average molecular weight is 345 g/mol. The fraction of sp³-hybridized carbons (Fsp3) is 0.278. The van der Waals surface area contributed by atoms with E-state index in [9.17, 15) is 14.4 Å². The third kappa shape index (κ3) is 3.89. The summed E-state index contributed by atoms with van der Waals surface area (Å²) >= 11 is 1.32. The Morgan fingerprint density at radius 3 is 2.33 bits per heavy atom. The largest absolute Gasteiger partial charge is 0.481 e. The zero-order chi connectivity index (χ0) is 17.7. The zero-order valence-electron chi connectivity index (χ0n) is 13.6. The van der Waals surface area contributed by atoms with Gasteiger partial charge in [0.1, 0.15) is 0 Å². The fourth-order valence-electron chi connectivity index (χ4n) is 2.34. The third-order valence-electron chi connectivity index (χ3n) is 3.73. The molecule has 0 aliphatic carbocycles. The quantitative estimate of drug-likeness (QED) is 0.782. The van der Waals surface area contributed by atoms with Crippen LogP contribution in [-0.2, 0) is 4.79 Å². The molecule has 1 atom stereocenters. The van der Waals surface area contributed by atoms with Crippen LogP contribution in [0.15, 0.2) is 41.8 Å². The second-order valence-corrected chi connectivity index (χ2v) is 6.38. The van der Waals surface area contributed by atoms with Crippen molar-refractivity contribution >= 4 is 29.0 Å². The van der Waals surface area contributed by atoms with Gasteiger partial charge in [-0.3, -0.25) is 14.4 Å². The van der Waals surface area contributed by atoms with Gasteiger partial charge in [-0.2, -0.15) is 0 Å². The van der Waals surface area contributed by atoms with Crippen molar-refractivity contribution in [2.75, 3.05) is 13.1 Å². The van der Waals surface area contributed by atoms with Crippen molar-refractivity contribution in [3.63, 3.8) is 0 Å². The van der Waals surface area contributed by atoms with E-state index in [0.717, 1.165) is 0 Å². The maximum Gasteiger partial charge on any atom is 0.308 e. The van der Waals surface area contributed by atoms with Gasteiger partial charge in [-0.25, -0.2) is 0 Å². The molecule has 1 aromatic heterocycles. The van der Waals surface area contributed by atoms with Crippen LogP contribution >= 0.6 is 11.3 Å². The van der Waals surface area contributed by atoms with Crippen molar-refractivity contribution in [1.82, 2.24) is 4.90 Å². The minimum atomic E-state index is -0.954. The molecule has 0 fully saturated rings. The molecule has 0 bridgehead atoms. The van der Waals surface area contributed by atoms with Crippen LogP contribution in [0.3, 0.4) is 0 Å². The predicted octanol–water partition coefficient (Wildman–Crippen LogP) is 3.16. The van der Waals surface area contributed by atoms with Gasteiger partial charge in [0.15, 0.2) is 0 Å². The second-order valence-electron chi connectivity index (χ2n) is 5.44. The minimum Gasteiger partial charge on any atom is -0.481 e. The highest BCUT2D eigenvalue weighted by atomic mass is 32.1. The highest BCUT2D eigenvalue weighted by Gasteiger charge is 2.24. The van der Waals surface area contributed by atoms with Crippen LogP contribution in [0.4, 0.5) is 0 Å². The standard InChI is InChI=1S/C18H19NO4S/c1-3-19(11-12(2)18(22)23)17(21)14-8-5-4-7-13(14)16(20)15-9-6-10-24-15/h4-10,12H,3,11H2,1-2H3,(H,22,23). The van der Waals surface area contributed by atoms with E-state index >= 15 is 0 Å². The number of hydrogen-bond donors (Lipinski definition) is 1. The summed E-state index contributed by atoms with van der Waals surface area (Å²) < 4.78 is 0. The highest BCUT2D eigenvalue weighted by molar-refractivity contribution is 7.12. The summed E-state index contributed by atoms with van der Waals surface area (Å²) in [5.41, 5.74) is 0.640. The first-order valence-corrected chi connectivity index (χ1v) is 8.53. The minimum absolute atomic E-state index is 0.103. The lowest BCUT2D eigenvalue weighted by atomic mass is 10.0. The van der Waals surface area contributed by atoms with E-state index < -0.39 is 11.9 Å². The van der Waals surface area contributed by atoms with E-state index in [1.54, 1.807) is 50.2 Å².